The topological polar surface area (TPSA) is 49.7 Å². The molecule has 7 heteroatoms. The first-order chi connectivity index (χ1) is 15.9. The number of aryl methyl sites for hydroxylation is 1. The van der Waals surface area contributed by atoms with Crippen molar-refractivity contribution in [3.63, 3.8) is 0 Å². The van der Waals surface area contributed by atoms with Crippen LogP contribution in [0, 0.1) is 0 Å². The Morgan fingerprint density at radius 1 is 1.00 bits per heavy atom. The fourth-order valence-electron chi connectivity index (χ4n) is 3.84. The zero-order valence-electron chi connectivity index (χ0n) is 17.9. The van der Waals surface area contributed by atoms with Gasteiger partial charge in [-0.3, -0.25) is 4.79 Å². The maximum absolute atomic E-state index is 12.9. The highest BCUT2D eigenvalue weighted by Crippen LogP contribution is 2.36. The summed E-state index contributed by atoms with van der Waals surface area (Å²) >= 11 is 12.0. The van der Waals surface area contributed by atoms with Crippen LogP contribution < -0.4 is 14.2 Å². The van der Waals surface area contributed by atoms with Crippen molar-refractivity contribution in [1.29, 1.82) is 0 Å². The third kappa shape index (κ3) is 4.06. The molecule has 0 saturated carbocycles. The fourth-order valence-corrected chi connectivity index (χ4v) is 4.16. The van der Waals surface area contributed by atoms with Crippen LogP contribution in [0.2, 0.25) is 10.0 Å². The number of ether oxygens (including phenoxy) is 3. The molecule has 1 aromatic heterocycles. The van der Waals surface area contributed by atoms with Gasteiger partial charge in [0.25, 0.3) is 0 Å². The Balaban J connectivity index is 1.39. The Morgan fingerprint density at radius 3 is 2.61 bits per heavy atom. The van der Waals surface area contributed by atoms with Gasteiger partial charge >= 0.3 is 0 Å². The van der Waals surface area contributed by atoms with Gasteiger partial charge in [0.2, 0.25) is 5.78 Å². The molecule has 33 heavy (non-hydrogen) atoms. The Bertz CT molecular complexity index is 1440. The van der Waals surface area contributed by atoms with Crippen molar-refractivity contribution < 1.29 is 19.0 Å². The van der Waals surface area contributed by atoms with E-state index >= 15 is 0 Å². The summed E-state index contributed by atoms with van der Waals surface area (Å²) < 4.78 is 19.1. The van der Waals surface area contributed by atoms with E-state index in [1.54, 1.807) is 43.5 Å². The second-order valence-electron chi connectivity index (χ2n) is 7.71. The number of hydrogen-bond acceptors (Lipinski definition) is 4. The summed E-state index contributed by atoms with van der Waals surface area (Å²) in [6.45, 7) is 0.310. The van der Waals surface area contributed by atoms with Crippen molar-refractivity contribution in [2.24, 2.45) is 7.05 Å². The number of aromatic nitrogens is 1. The van der Waals surface area contributed by atoms with E-state index in [9.17, 15) is 4.79 Å². The van der Waals surface area contributed by atoms with Crippen molar-refractivity contribution in [3.8, 4) is 17.2 Å². The number of halogens is 2. The lowest BCUT2D eigenvalue weighted by atomic mass is 10.1. The van der Waals surface area contributed by atoms with E-state index < -0.39 is 0 Å². The molecule has 0 spiro atoms. The molecule has 4 aromatic rings. The Hall–Kier alpha value is -3.41. The molecular weight excluding hydrogens is 461 g/mol. The molecule has 0 amide bonds. The Labute approximate surface area is 200 Å². The van der Waals surface area contributed by atoms with Gasteiger partial charge in [-0.25, -0.2) is 0 Å². The zero-order chi connectivity index (χ0) is 23.1. The summed E-state index contributed by atoms with van der Waals surface area (Å²) in [4.78, 5) is 12.9. The largest absolute Gasteiger partial charge is 0.497 e. The van der Waals surface area contributed by atoms with Gasteiger partial charge in [0.05, 0.1) is 22.7 Å². The first-order valence-electron chi connectivity index (χ1n) is 10.2. The summed E-state index contributed by atoms with van der Waals surface area (Å²) in [5.74, 6) is 1.90. The molecule has 5 rings (SSSR count). The van der Waals surface area contributed by atoms with Gasteiger partial charge in [-0.2, -0.15) is 0 Å². The smallest absolute Gasteiger partial charge is 0.231 e. The van der Waals surface area contributed by atoms with Gasteiger partial charge in [-0.1, -0.05) is 29.3 Å². The molecule has 0 fully saturated rings. The summed E-state index contributed by atoms with van der Waals surface area (Å²) in [7, 11) is 3.59. The number of fused-ring (bicyclic) bond motifs is 2. The minimum absolute atomic E-state index is 0.166. The van der Waals surface area contributed by atoms with Gasteiger partial charge in [0, 0.05) is 35.8 Å². The van der Waals surface area contributed by atoms with Crippen molar-refractivity contribution >= 4 is 46.0 Å². The molecule has 0 bridgehead atoms. The van der Waals surface area contributed by atoms with E-state index in [-0.39, 0.29) is 11.5 Å². The van der Waals surface area contributed by atoms with E-state index in [0.29, 0.717) is 33.7 Å². The molecule has 0 unspecified atom stereocenters. The maximum atomic E-state index is 12.9. The molecule has 3 aromatic carbocycles. The Morgan fingerprint density at radius 2 is 1.82 bits per heavy atom. The minimum Gasteiger partial charge on any atom is -0.497 e. The average Bonchev–Trinajstić information content (AvgIpc) is 3.30. The first-order valence-corrected chi connectivity index (χ1v) is 11.0. The number of rotatable bonds is 5. The predicted molar refractivity (Wildman–Crippen MR) is 130 cm³/mol. The summed E-state index contributed by atoms with van der Waals surface area (Å²) in [5.41, 5.74) is 3.29. The SMILES string of the molecule is COc1ccc2c(c1)c(/C=C1\Oc3cc(OCc4ccc(Cl)c(Cl)c4)ccc3C1=O)cn2C. The first kappa shape index (κ1) is 21.4. The standard InChI is InChI=1S/C26H19Cl2NO4/c1-29-13-16(20-11-17(31-2)5-8-23(20)29)10-25-26(30)19-6-4-18(12-24(19)33-25)32-14-15-3-7-21(27)22(28)9-15/h3-13H,14H2,1-2H3/b25-10-. The van der Waals surface area contributed by atoms with Crippen LogP contribution in [0.25, 0.3) is 17.0 Å². The van der Waals surface area contributed by atoms with Crippen molar-refractivity contribution in [1.82, 2.24) is 4.57 Å². The number of hydrogen-bond donors (Lipinski definition) is 0. The van der Waals surface area contributed by atoms with Gasteiger partial charge < -0.3 is 18.8 Å². The van der Waals surface area contributed by atoms with Crippen molar-refractivity contribution in [3.05, 3.63) is 93.3 Å². The number of carbonyl (C=O) groups excluding carboxylic acids is 1. The van der Waals surface area contributed by atoms with Crippen LogP contribution in [0.4, 0.5) is 0 Å². The molecule has 2 heterocycles. The molecule has 1 aliphatic rings. The average molecular weight is 480 g/mol. The summed E-state index contributed by atoms with van der Waals surface area (Å²) in [6, 6.07) is 16.4. The van der Waals surface area contributed by atoms with Gasteiger partial charge in [-0.15, -0.1) is 0 Å². The van der Waals surface area contributed by atoms with E-state index in [0.717, 1.165) is 27.8 Å². The normalized spacial score (nSPS) is 13.9. The molecule has 1 aliphatic heterocycles. The number of benzene rings is 3. The number of nitrogens with zero attached hydrogens (tertiary/aromatic N) is 1. The predicted octanol–water partition coefficient (Wildman–Crippen LogP) is 6.69. The zero-order valence-corrected chi connectivity index (χ0v) is 19.4. The number of allylic oxidation sites excluding steroid dienone is 1. The summed E-state index contributed by atoms with van der Waals surface area (Å²) in [6.07, 6.45) is 3.73. The Kier molecular flexibility index (Phi) is 5.52. The minimum atomic E-state index is -0.166. The highest BCUT2D eigenvalue weighted by atomic mass is 35.5. The van der Waals surface area contributed by atoms with Crippen LogP contribution in [-0.2, 0) is 13.7 Å². The molecule has 166 valence electrons. The van der Waals surface area contributed by atoms with E-state index in [1.165, 1.54) is 0 Å². The number of methoxy groups -OCH3 is 1. The quantitative estimate of drug-likeness (QED) is 0.299. The third-order valence-corrected chi connectivity index (χ3v) is 6.28. The van der Waals surface area contributed by atoms with Gasteiger partial charge in [0.15, 0.2) is 5.76 Å². The van der Waals surface area contributed by atoms with Gasteiger partial charge in [0.1, 0.15) is 23.9 Å². The molecule has 0 radical (unpaired) electrons. The van der Waals surface area contributed by atoms with E-state index in [4.69, 9.17) is 37.4 Å². The lowest BCUT2D eigenvalue weighted by molar-refractivity contribution is 0.101. The molecule has 0 N–H and O–H groups in total. The second kappa shape index (κ2) is 8.50. The van der Waals surface area contributed by atoms with Crippen LogP contribution in [-0.4, -0.2) is 17.5 Å². The maximum Gasteiger partial charge on any atom is 0.231 e. The highest BCUT2D eigenvalue weighted by Gasteiger charge is 2.28. The second-order valence-corrected chi connectivity index (χ2v) is 8.53. The third-order valence-electron chi connectivity index (χ3n) is 5.54. The monoisotopic (exact) mass is 479 g/mol. The highest BCUT2D eigenvalue weighted by molar-refractivity contribution is 6.42. The number of Topliss-reactive ketones (excluding diaryl/α,β-unsaturated/α-hetero) is 1. The van der Waals surface area contributed by atoms with Crippen LogP contribution in [0.1, 0.15) is 21.5 Å². The molecule has 0 saturated heterocycles. The van der Waals surface area contributed by atoms with Crippen molar-refractivity contribution in [2.75, 3.05) is 7.11 Å². The fraction of sp³-hybridized carbons (Fsp3) is 0.115. The van der Waals surface area contributed by atoms with E-state index in [1.807, 2.05) is 42.1 Å². The lowest BCUT2D eigenvalue weighted by Crippen LogP contribution is -1.98. The summed E-state index contributed by atoms with van der Waals surface area (Å²) in [5, 5.41) is 1.94. The van der Waals surface area contributed by atoms with Gasteiger partial charge in [-0.05, 0) is 54.1 Å². The number of ketones is 1. The molecule has 5 nitrogen and oxygen atoms in total. The van der Waals surface area contributed by atoms with Crippen LogP contribution in [0.15, 0.2) is 66.6 Å². The molecule has 0 atom stereocenters. The van der Waals surface area contributed by atoms with Crippen LogP contribution in [0.3, 0.4) is 0 Å². The molecule has 0 aliphatic carbocycles. The molecular formula is C26H19Cl2NO4. The number of carbonyl (C=O) groups is 1. The van der Waals surface area contributed by atoms with E-state index in [2.05, 4.69) is 0 Å². The van der Waals surface area contributed by atoms with Crippen molar-refractivity contribution in [2.45, 2.75) is 6.61 Å². The van der Waals surface area contributed by atoms with Crippen LogP contribution in [0.5, 0.6) is 17.2 Å². The van der Waals surface area contributed by atoms with Crippen LogP contribution >= 0.6 is 23.2 Å². The lowest BCUT2D eigenvalue weighted by Gasteiger charge is -2.08.